The Hall–Kier alpha value is 0.384. The van der Waals surface area contributed by atoms with Crippen LogP contribution in [-0.4, -0.2) is 151 Å². The van der Waals surface area contributed by atoms with Crippen LogP contribution in [0.25, 0.3) is 0 Å². The molecule has 10 nitrogen and oxygen atoms in total. The van der Waals surface area contributed by atoms with Crippen LogP contribution in [0.3, 0.4) is 0 Å². The first kappa shape index (κ1) is 49.4. The Balaban J connectivity index is 8.36. The lowest BCUT2D eigenvalue weighted by atomic mass is 10.0. The van der Waals surface area contributed by atoms with Crippen LogP contribution >= 0.6 is 11.8 Å². The van der Waals surface area contributed by atoms with Crippen LogP contribution in [0.2, 0.25) is 12.1 Å². The van der Waals surface area contributed by atoms with Gasteiger partial charge in [0.15, 0.2) is 0 Å². The predicted molar refractivity (Wildman–Crippen MR) is 215 cm³/mol. The summed E-state index contributed by atoms with van der Waals surface area (Å²) in [6, 6.07) is 1.34. The van der Waals surface area contributed by atoms with Crippen molar-refractivity contribution in [2.75, 3.05) is 92.0 Å². The molecule has 13 heteroatoms. The highest BCUT2D eigenvalue weighted by molar-refractivity contribution is 8.02. The molecule has 0 aromatic rings. The molecule has 0 amide bonds. The van der Waals surface area contributed by atoms with E-state index >= 15 is 0 Å². The molecule has 0 saturated carbocycles. The Bertz CT molecular complexity index is 704. The molecule has 296 valence electrons. The van der Waals surface area contributed by atoms with Gasteiger partial charge in [0, 0.05) is 61.2 Å². The van der Waals surface area contributed by atoms with E-state index in [-0.39, 0.29) is 12.3 Å². The third kappa shape index (κ3) is 13.9. The summed E-state index contributed by atoms with van der Waals surface area (Å²) in [6.07, 6.45) is 0.179. The minimum Gasteiger partial charge on any atom is -0.374 e. The summed E-state index contributed by atoms with van der Waals surface area (Å²) in [5.41, 5.74) is 0. The normalized spacial score (nSPS) is 15.8. The van der Waals surface area contributed by atoms with Gasteiger partial charge in [-0.25, -0.2) is 0 Å². The molecule has 0 aliphatic rings. The highest BCUT2D eigenvalue weighted by Gasteiger charge is 2.60. The van der Waals surface area contributed by atoms with Gasteiger partial charge in [-0.15, -0.1) is 11.8 Å². The number of thioether (sulfide) groups is 1. The molecule has 0 aliphatic carbocycles. The molecule has 0 spiro atoms. The lowest BCUT2D eigenvalue weighted by Gasteiger charge is -2.57. The Morgan fingerprint density at radius 2 is 0.571 bits per heavy atom. The molecule has 0 rings (SSSR count). The fraction of sp³-hybridized carbons (Fsp3) is 1.00. The van der Waals surface area contributed by atoms with Crippen molar-refractivity contribution in [2.24, 2.45) is 0 Å². The van der Waals surface area contributed by atoms with Crippen LogP contribution in [0.4, 0.5) is 0 Å². The topological polar surface area (TPSA) is 68.3 Å². The van der Waals surface area contributed by atoms with Crippen molar-refractivity contribution in [2.45, 2.75) is 145 Å². The van der Waals surface area contributed by atoms with Gasteiger partial charge in [-0.3, -0.25) is 19.6 Å². The maximum Gasteiger partial charge on any atom is 0.502 e. The zero-order valence-electron chi connectivity index (χ0n) is 35.1. The summed E-state index contributed by atoms with van der Waals surface area (Å²) in [6.45, 7) is 46.3. The molecule has 49 heavy (non-hydrogen) atoms. The summed E-state index contributed by atoms with van der Waals surface area (Å²) < 4.78 is 39.3. The molecule has 2 unspecified atom stereocenters. The minimum atomic E-state index is -3.15. The second kappa shape index (κ2) is 25.4. The fourth-order valence-electron chi connectivity index (χ4n) is 7.91. The van der Waals surface area contributed by atoms with Gasteiger partial charge in [0.05, 0.1) is 12.3 Å². The molecule has 0 fully saturated rings. The first-order chi connectivity index (χ1) is 23.3. The predicted octanol–water partition coefficient (Wildman–Crippen LogP) is 7.35. The van der Waals surface area contributed by atoms with Crippen LogP contribution in [0.1, 0.15) is 111 Å². The van der Waals surface area contributed by atoms with E-state index in [9.17, 15) is 0 Å². The van der Waals surface area contributed by atoms with Crippen molar-refractivity contribution in [3.63, 3.8) is 0 Å². The Labute approximate surface area is 311 Å². The van der Waals surface area contributed by atoms with Crippen LogP contribution in [0, 0.1) is 0 Å². The molecule has 0 aromatic carbocycles. The monoisotopic (exact) mass is 755 g/mol. The summed E-state index contributed by atoms with van der Waals surface area (Å²) in [4.78, 5) is 10.5. The van der Waals surface area contributed by atoms with Gasteiger partial charge < -0.3 is 26.6 Å². The van der Waals surface area contributed by atoms with Gasteiger partial charge in [0.1, 0.15) is 0 Å². The minimum absolute atomic E-state index is 0.0893. The number of nitrogens with zero attached hydrogens (tertiary/aromatic N) is 4. The molecule has 0 heterocycles. The molecule has 0 N–H and O–H groups in total. The van der Waals surface area contributed by atoms with Crippen LogP contribution in [0.5, 0.6) is 0 Å². The molecule has 0 aromatic heterocycles. The highest BCUT2D eigenvalue weighted by atomic mass is 32.2. The van der Waals surface area contributed by atoms with E-state index in [0.717, 1.165) is 52.4 Å². The van der Waals surface area contributed by atoms with E-state index in [2.05, 4.69) is 142 Å². The maximum absolute atomic E-state index is 6.68. The summed E-state index contributed by atoms with van der Waals surface area (Å²) in [7, 11) is -6.29. The standard InChI is InChI=1S/C36H82N4O6SSi2/c1-17-37(18-2)33(38(19-3)20-4)35(15,31-48(41-25-9,42-26-10)43-27-11)47-36(16,32-49(44-28-12,45-29-13)46-30-14)34(39(21-5)22-6)40(23-7)24-8/h33-34H,17-32H2,1-16H3. The molecule has 0 radical (unpaired) electrons. The van der Waals surface area contributed by atoms with Crippen molar-refractivity contribution < 1.29 is 26.6 Å². The van der Waals surface area contributed by atoms with Gasteiger partial charge in [-0.2, -0.15) is 0 Å². The van der Waals surface area contributed by atoms with Gasteiger partial charge in [-0.05, 0) is 108 Å². The fourth-order valence-corrected chi connectivity index (χ4v) is 17.3. The lowest BCUT2D eigenvalue weighted by Crippen LogP contribution is -2.67. The smallest absolute Gasteiger partial charge is 0.374 e. The average Bonchev–Trinajstić information content (AvgIpc) is 3.05. The molecule has 0 bridgehead atoms. The Morgan fingerprint density at radius 3 is 0.714 bits per heavy atom. The number of hydrogen-bond donors (Lipinski definition) is 0. The second-order valence-corrected chi connectivity index (χ2v) is 19.9. The van der Waals surface area contributed by atoms with E-state index in [0.29, 0.717) is 51.7 Å². The van der Waals surface area contributed by atoms with Crippen LogP contribution < -0.4 is 0 Å². The lowest BCUT2D eigenvalue weighted by molar-refractivity contribution is 0.0117. The van der Waals surface area contributed by atoms with E-state index in [1.54, 1.807) is 0 Å². The molecule has 2 atom stereocenters. The zero-order valence-corrected chi connectivity index (χ0v) is 37.9. The summed E-state index contributed by atoms with van der Waals surface area (Å²) in [5.74, 6) is 0. The van der Waals surface area contributed by atoms with Crippen molar-refractivity contribution in [3.05, 3.63) is 0 Å². The SMILES string of the molecule is CCO[Si](CC(C)(SC(C)(C[Si](OCC)(OCC)OCC)C(N(CC)CC)N(CC)CC)C(N(CC)CC)N(CC)CC)(OCC)OCC. The molecule has 0 saturated heterocycles. The zero-order chi connectivity index (χ0) is 37.7. The first-order valence-corrected chi connectivity index (χ1v) is 24.5. The highest BCUT2D eigenvalue weighted by Crippen LogP contribution is 2.53. The molecular formula is C36H82N4O6SSi2. The number of hydrogen-bond acceptors (Lipinski definition) is 11. The van der Waals surface area contributed by atoms with Crippen molar-refractivity contribution in [1.82, 2.24) is 19.6 Å². The van der Waals surface area contributed by atoms with E-state index in [1.165, 1.54) is 0 Å². The van der Waals surface area contributed by atoms with E-state index in [4.69, 9.17) is 26.6 Å². The summed E-state index contributed by atoms with van der Waals surface area (Å²) in [5, 5.41) is 0. The first-order valence-electron chi connectivity index (χ1n) is 19.8. The second-order valence-electron chi connectivity index (χ2n) is 12.7. The number of rotatable bonds is 32. The van der Waals surface area contributed by atoms with Crippen molar-refractivity contribution in [3.8, 4) is 0 Å². The Kier molecular flexibility index (Phi) is 25.6. The van der Waals surface area contributed by atoms with Crippen LogP contribution in [-0.2, 0) is 26.6 Å². The largest absolute Gasteiger partial charge is 0.502 e. The van der Waals surface area contributed by atoms with Gasteiger partial charge in [0.25, 0.3) is 0 Å². The van der Waals surface area contributed by atoms with Gasteiger partial charge >= 0.3 is 17.6 Å². The van der Waals surface area contributed by atoms with Crippen LogP contribution in [0.15, 0.2) is 0 Å². The maximum atomic E-state index is 6.68. The van der Waals surface area contributed by atoms with E-state index < -0.39 is 27.1 Å². The van der Waals surface area contributed by atoms with Gasteiger partial charge in [0.2, 0.25) is 0 Å². The summed E-state index contributed by atoms with van der Waals surface area (Å²) >= 11 is 2.08. The van der Waals surface area contributed by atoms with Crippen molar-refractivity contribution >= 4 is 29.4 Å². The van der Waals surface area contributed by atoms with E-state index in [1.807, 2.05) is 0 Å². The third-order valence-corrected chi connectivity index (χ3v) is 18.4. The van der Waals surface area contributed by atoms with Gasteiger partial charge in [-0.1, -0.05) is 55.4 Å². The third-order valence-electron chi connectivity index (χ3n) is 9.51. The van der Waals surface area contributed by atoms with Crippen molar-refractivity contribution in [1.29, 1.82) is 0 Å². The average molecular weight is 755 g/mol. The molecule has 0 aliphatic heterocycles. The Morgan fingerprint density at radius 1 is 0.388 bits per heavy atom. The quantitative estimate of drug-likeness (QED) is 0.0512. The molecular weight excluding hydrogens is 673 g/mol.